The minimum atomic E-state index is -0.845. The van der Waals surface area contributed by atoms with Crippen LogP contribution in [0.15, 0.2) is 12.1 Å². The summed E-state index contributed by atoms with van der Waals surface area (Å²) in [6.07, 6.45) is 11.5. The molecule has 30 heavy (non-hydrogen) atoms. The molecule has 1 aromatic heterocycles. The lowest BCUT2D eigenvalue weighted by Gasteiger charge is -2.49. The van der Waals surface area contributed by atoms with Crippen LogP contribution in [0.3, 0.4) is 0 Å². The summed E-state index contributed by atoms with van der Waals surface area (Å²) in [7, 11) is 0. The van der Waals surface area contributed by atoms with Gasteiger partial charge < -0.3 is 10.2 Å². The molecule has 5 heteroatoms. The van der Waals surface area contributed by atoms with Gasteiger partial charge in [-0.15, -0.1) is 11.3 Å². The number of aryl methyl sites for hydroxylation is 1. The van der Waals surface area contributed by atoms with Gasteiger partial charge in [0.1, 0.15) is 4.88 Å². The number of nitriles is 1. The van der Waals surface area contributed by atoms with E-state index in [1.54, 1.807) is 6.07 Å². The Balaban J connectivity index is 1.46. The van der Waals surface area contributed by atoms with Gasteiger partial charge in [0.2, 0.25) is 0 Å². The molecule has 2 N–H and O–H groups in total. The molecule has 1 heterocycles. The van der Waals surface area contributed by atoms with E-state index in [9.17, 15) is 15.2 Å². The summed E-state index contributed by atoms with van der Waals surface area (Å²) < 4.78 is 0. The van der Waals surface area contributed by atoms with Crippen LogP contribution in [-0.4, -0.2) is 22.3 Å². The van der Waals surface area contributed by atoms with Crippen LogP contribution in [-0.2, 0) is 6.42 Å². The maximum absolute atomic E-state index is 11.0. The number of carboxylic acid groups (broad SMARTS) is 1. The molecule has 1 aromatic rings. The van der Waals surface area contributed by atoms with Crippen LogP contribution >= 0.6 is 11.3 Å². The Morgan fingerprint density at radius 3 is 2.60 bits per heavy atom. The Bertz CT molecular complexity index is 746. The first-order valence-corrected chi connectivity index (χ1v) is 12.6. The Morgan fingerprint density at radius 1 is 1.27 bits per heavy atom. The van der Waals surface area contributed by atoms with Crippen molar-refractivity contribution >= 4 is 17.3 Å². The van der Waals surface area contributed by atoms with E-state index in [2.05, 4.69) is 19.9 Å². The van der Waals surface area contributed by atoms with Gasteiger partial charge in [-0.3, -0.25) is 0 Å². The molecular formula is C25H37NO3S. The largest absolute Gasteiger partial charge is 0.477 e. The van der Waals surface area contributed by atoms with Gasteiger partial charge in [-0.1, -0.05) is 26.7 Å². The van der Waals surface area contributed by atoms with Crippen LogP contribution in [0.2, 0.25) is 0 Å². The fraction of sp³-hybridized carbons (Fsp3) is 0.760. The van der Waals surface area contributed by atoms with Gasteiger partial charge in [0.05, 0.1) is 12.2 Å². The Morgan fingerprint density at radius 2 is 2.03 bits per heavy atom. The Labute approximate surface area is 185 Å². The van der Waals surface area contributed by atoms with E-state index in [4.69, 9.17) is 5.11 Å². The lowest BCUT2D eigenvalue weighted by Crippen LogP contribution is -2.45. The van der Waals surface area contributed by atoms with Crippen molar-refractivity contribution in [3.05, 3.63) is 21.9 Å². The van der Waals surface area contributed by atoms with Crippen molar-refractivity contribution in [1.29, 1.82) is 5.26 Å². The van der Waals surface area contributed by atoms with Gasteiger partial charge in [0.25, 0.3) is 0 Å². The molecule has 2 fully saturated rings. The highest BCUT2D eigenvalue weighted by molar-refractivity contribution is 7.13. The lowest BCUT2D eigenvalue weighted by molar-refractivity contribution is -0.0743. The van der Waals surface area contributed by atoms with Gasteiger partial charge in [-0.05, 0) is 93.1 Å². The molecule has 0 spiro atoms. The van der Waals surface area contributed by atoms with Crippen molar-refractivity contribution < 1.29 is 15.0 Å². The summed E-state index contributed by atoms with van der Waals surface area (Å²) in [6, 6.07) is 6.18. The van der Waals surface area contributed by atoms with Crippen LogP contribution in [0.1, 0.15) is 92.6 Å². The number of nitrogens with zero attached hydrogens (tertiary/aromatic N) is 1. The normalized spacial score (nSPS) is 26.3. The summed E-state index contributed by atoms with van der Waals surface area (Å²) in [4.78, 5) is 12.6. The van der Waals surface area contributed by atoms with Crippen molar-refractivity contribution in [2.75, 3.05) is 0 Å². The topological polar surface area (TPSA) is 81.3 Å². The minimum absolute atomic E-state index is 0.138. The van der Waals surface area contributed by atoms with Crippen LogP contribution in [0.25, 0.3) is 0 Å². The Hall–Kier alpha value is -1.38. The van der Waals surface area contributed by atoms with Crippen molar-refractivity contribution in [2.45, 2.75) is 90.6 Å². The van der Waals surface area contributed by atoms with Crippen molar-refractivity contribution in [3.63, 3.8) is 0 Å². The number of rotatable bonds is 11. The number of aliphatic hydroxyl groups excluding tert-OH is 1. The number of thiophene rings is 1. The second-order valence-electron chi connectivity index (χ2n) is 9.89. The van der Waals surface area contributed by atoms with E-state index in [0.717, 1.165) is 69.1 Å². The SMILES string of the molecule is CC(C)C1(C(O)CCC[C@@H]2[C@@H](CCCc3ccc(C(=O)O)s3)CC[C@@H]2C#N)CCC1. The second kappa shape index (κ2) is 10.3. The summed E-state index contributed by atoms with van der Waals surface area (Å²) in [5.41, 5.74) is 0.138. The highest BCUT2D eigenvalue weighted by Gasteiger charge is 2.45. The lowest BCUT2D eigenvalue weighted by atomic mass is 9.58. The maximum atomic E-state index is 11.0. The molecule has 0 bridgehead atoms. The number of hydrogen-bond donors (Lipinski definition) is 2. The number of aromatic carboxylic acids is 1. The zero-order valence-corrected chi connectivity index (χ0v) is 19.3. The fourth-order valence-corrected chi connectivity index (χ4v) is 6.87. The zero-order chi connectivity index (χ0) is 21.7. The first kappa shape index (κ1) is 23.3. The molecule has 0 saturated heterocycles. The summed E-state index contributed by atoms with van der Waals surface area (Å²) >= 11 is 1.38. The third-order valence-electron chi connectivity index (χ3n) is 8.12. The molecule has 1 unspecified atom stereocenters. The van der Waals surface area contributed by atoms with E-state index in [1.165, 1.54) is 17.8 Å². The van der Waals surface area contributed by atoms with Gasteiger partial charge >= 0.3 is 5.97 Å². The molecular weight excluding hydrogens is 394 g/mol. The molecule has 0 aromatic carbocycles. The predicted molar refractivity (Wildman–Crippen MR) is 121 cm³/mol. The quantitative estimate of drug-likeness (QED) is 0.431. The smallest absolute Gasteiger partial charge is 0.345 e. The number of carboxylic acids is 1. The van der Waals surface area contributed by atoms with Gasteiger partial charge in [-0.25, -0.2) is 4.79 Å². The van der Waals surface area contributed by atoms with Crippen LogP contribution in [0, 0.1) is 40.4 Å². The van der Waals surface area contributed by atoms with Gasteiger partial charge in [0, 0.05) is 10.8 Å². The van der Waals surface area contributed by atoms with E-state index in [1.807, 2.05) is 6.07 Å². The maximum Gasteiger partial charge on any atom is 0.345 e. The van der Waals surface area contributed by atoms with E-state index in [0.29, 0.717) is 22.6 Å². The average molecular weight is 432 g/mol. The molecule has 4 nitrogen and oxygen atoms in total. The van der Waals surface area contributed by atoms with E-state index >= 15 is 0 Å². The Kier molecular flexibility index (Phi) is 7.98. The van der Waals surface area contributed by atoms with Crippen LogP contribution in [0.4, 0.5) is 0 Å². The predicted octanol–water partition coefficient (Wildman–Crippen LogP) is 6.29. The first-order chi connectivity index (χ1) is 14.4. The third-order valence-corrected chi connectivity index (χ3v) is 9.25. The number of aliphatic hydroxyl groups is 1. The molecule has 0 aliphatic heterocycles. The number of hydrogen-bond acceptors (Lipinski definition) is 4. The van der Waals surface area contributed by atoms with Gasteiger partial charge in [0.15, 0.2) is 0 Å². The molecule has 3 rings (SSSR count). The zero-order valence-electron chi connectivity index (χ0n) is 18.5. The molecule has 2 saturated carbocycles. The highest BCUT2D eigenvalue weighted by atomic mass is 32.1. The summed E-state index contributed by atoms with van der Waals surface area (Å²) in [5, 5.41) is 29.5. The fourth-order valence-electron chi connectivity index (χ4n) is 5.99. The monoisotopic (exact) mass is 431 g/mol. The molecule has 4 atom stereocenters. The van der Waals surface area contributed by atoms with Crippen LogP contribution < -0.4 is 0 Å². The molecule has 2 aliphatic rings. The van der Waals surface area contributed by atoms with Crippen molar-refractivity contribution in [2.24, 2.45) is 29.1 Å². The highest BCUT2D eigenvalue weighted by Crippen LogP contribution is 2.51. The standard InChI is InChI=1S/C25H37NO3S/c1-17(2)25(14-5-15-25)23(27)9-4-8-21-18(10-11-19(21)16-26)6-3-7-20-12-13-22(30-20)24(28)29/h12-13,17-19,21,23,27H,3-11,14-15H2,1-2H3,(H,28,29)/t18-,19+,21+,23?/m0/s1. The van der Waals surface area contributed by atoms with Gasteiger partial charge in [-0.2, -0.15) is 5.26 Å². The summed E-state index contributed by atoms with van der Waals surface area (Å²) in [5.74, 6) is 0.897. The van der Waals surface area contributed by atoms with E-state index < -0.39 is 5.97 Å². The van der Waals surface area contributed by atoms with E-state index in [-0.39, 0.29) is 17.4 Å². The average Bonchev–Trinajstić information content (AvgIpc) is 3.28. The molecule has 0 radical (unpaired) electrons. The molecule has 166 valence electrons. The number of carbonyl (C=O) groups is 1. The second-order valence-corrected chi connectivity index (χ2v) is 11.1. The van der Waals surface area contributed by atoms with Crippen molar-refractivity contribution in [3.8, 4) is 6.07 Å². The van der Waals surface area contributed by atoms with Crippen LogP contribution in [0.5, 0.6) is 0 Å². The molecule has 0 amide bonds. The first-order valence-electron chi connectivity index (χ1n) is 11.8. The minimum Gasteiger partial charge on any atom is -0.477 e. The summed E-state index contributed by atoms with van der Waals surface area (Å²) in [6.45, 7) is 4.49. The van der Waals surface area contributed by atoms with Crippen molar-refractivity contribution in [1.82, 2.24) is 0 Å². The third kappa shape index (κ3) is 5.08. The molecule has 2 aliphatic carbocycles.